The summed E-state index contributed by atoms with van der Waals surface area (Å²) in [6, 6.07) is -0.398. The first-order valence-electron chi connectivity index (χ1n) is 13.4. The Kier molecular flexibility index (Phi) is 8.56. The van der Waals surface area contributed by atoms with E-state index in [4.69, 9.17) is 13.3 Å². The van der Waals surface area contributed by atoms with Crippen molar-refractivity contribution in [2.45, 2.75) is 154 Å². The van der Waals surface area contributed by atoms with E-state index in [0.717, 1.165) is 6.42 Å². The van der Waals surface area contributed by atoms with Gasteiger partial charge in [0.2, 0.25) is 0 Å². The van der Waals surface area contributed by atoms with Crippen LogP contribution < -0.4 is 0 Å². The molecule has 1 N–H and O–H groups in total. The standard InChI is InChI=1S/C26H55NO5Si3/c1-24(2,3)33(10,11)30-18-16-17-27-19(18)20(28)21(31-34(12,13)25(4,5)6)22(23(27)29)32-35(14,15)26(7,8)9/h18-22,28H,16-17H2,1-15H3/t18-,19+,20+,21-,22+/m0/s1. The number of amides is 1. The largest absolute Gasteiger partial charge is 0.412 e. The van der Waals surface area contributed by atoms with Crippen molar-refractivity contribution >= 4 is 30.9 Å². The summed E-state index contributed by atoms with van der Waals surface area (Å²) in [5.41, 5.74) is 0. The third-order valence-corrected chi connectivity index (χ3v) is 23.1. The van der Waals surface area contributed by atoms with Gasteiger partial charge >= 0.3 is 0 Å². The van der Waals surface area contributed by atoms with Crippen LogP contribution in [0.4, 0.5) is 0 Å². The van der Waals surface area contributed by atoms with Gasteiger partial charge in [-0.3, -0.25) is 4.79 Å². The highest BCUT2D eigenvalue weighted by atomic mass is 28.4. The summed E-state index contributed by atoms with van der Waals surface area (Å²) in [6.45, 7) is 33.5. The van der Waals surface area contributed by atoms with Crippen LogP contribution in [0.1, 0.15) is 68.7 Å². The van der Waals surface area contributed by atoms with Gasteiger partial charge < -0.3 is 23.3 Å². The highest BCUT2D eigenvalue weighted by molar-refractivity contribution is 6.75. The Morgan fingerprint density at radius 1 is 0.743 bits per heavy atom. The molecule has 0 spiro atoms. The zero-order chi connectivity index (χ0) is 27.6. The molecule has 0 unspecified atom stereocenters. The summed E-state index contributed by atoms with van der Waals surface area (Å²) in [6.07, 6.45) is -1.78. The fourth-order valence-electron chi connectivity index (χ4n) is 4.07. The van der Waals surface area contributed by atoms with E-state index in [1.165, 1.54) is 0 Å². The molecule has 35 heavy (non-hydrogen) atoms. The SMILES string of the molecule is CC(C)(C)[Si](C)(C)O[C@H]1[C@H](O)[C@H]2[C@@H](O[Si](C)(C)C(C)(C)C)CCN2C(=O)[C@@H]1O[Si](C)(C)C(C)(C)C. The average molecular weight is 546 g/mol. The van der Waals surface area contributed by atoms with Crippen molar-refractivity contribution in [2.24, 2.45) is 0 Å². The molecule has 2 saturated heterocycles. The Balaban J connectivity index is 2.49. The molecular weight excluding hydrogens is 491 g/mol. The Bertz CT molecular complexity index is 779. The minimum atomic E-state index is -2.30. The van der Waals surface area contributed by atoms with Crippen molar-refractivity contribution in [3.63, 3.8) is 0 Å². The van der Waals surface area contributed by atoms with E-state index in [1.807, 2.05) is 4.90 Å². The summed E-state index contributed by atoms with van der Waals surface area (Å²) >= 11 is 0. The van der Waals surface area contributed by atoms with E-state index in [0.29, 0.717) is 6.54 Å². The number of aliphatic hydroxyl groups excluding tert-OH is 1. The molecule has 0 aromatic carbocycles. The van der Waals surface area contributed by atoms with E-state index >= 15 is 0 Å². The average Bonchev–Trinajstić information content (AvgIpc) is 3.02. The Morgan fingerprint density at radius 2 is 1.14 bits per heavy atom. The maximum absolute atomic E-state index is 14.0. The minimum absolute atomic E-state index is 0.0461. The van der Waals surface area contributed by atoms with Gasteiger partial charge in [-0.2, -0.15) is 0 Å². The van der Waals surface area contributed by atoms with E-state index in [9.17, 15) is 9.90 Å². The van der Waals surface area contributed by atoms with E-state index < -0.39 is 49.3 Å². The van der Waals surface area contributed by atoms with Gasteiger partial charge in [0.15, 0.2) is 31.1 Å². The van der Waals surface area contributed by atoms with Gasteiger partial charge in [-0.05, 0) is 60.8 Å². The van der Waals surface area contributed by atoms with Crippen LogP contribution in [0.5, 0.6) is 0 Å². The molecule has 5 atom stereocenters. The van der Waals surface area contributed by atoms with Crippen LogP contribution in [0.2, 0.25) is 54.4 Å². The number of fused-ring (bicyclic) bond motifs is 1. The van der Waals surface area contributed by atoms with Gasteiger partial charge in [0, 0.05) is 6.54 Å². The van der Waals surface area contributed by atoms with Crippen LogP contribution in [-0.4, -0.2) is 77.9 Å². The second-order valence-electron chi connectivity index (χ2n) is 15.4. The predicted molar refractivity (Wildman–Crippen MR) is 152 cm³/mol. The lowest BCUT2D eigenvalue weighted by Gasteiger charge is -2.51. The molecule has 1 amide bonds. The van der Waals surface area contributed by atoms with E-state index in [-0.39, 0.29) is 27.1 Å². The maximum Gasteiger partial charge on any atom is 0.253 e. The number of carbonyl (C=O) groups excluding carboxylic acids is 1. The summed E-state index contributed by atoms with van der Waals surface area (Å²) in [7, 11) is -6.68. The number of carbonyl (C=O) groups is 1. The molecule has 0 bridgehead atoms. The lowest BCUT2D eigenvalue weighted by atomic mass is 9.92. The number of piperidine rings is 1. The minimum Gasteiger partial charge on any atom is -0.412 e. The molecular formula is C26H55NO5Si3. The van der Waals surface area contributed by atoms with E-state index in [1.54, 1.807) is 0 Å². The van der Waals surface area contributed by atoms with Crippen molar-refractivity contribution in [2.75, 3.05) is 6.54 Å². The lowest BCUT2D eigenvalue weighted by molar-refractivity contribution is -0.171. The molecule has 206 valence electrons. The monoisotopic (exact) mass is 545 g/mol. The summed E-state index contributed by atoms with van der Waals surface area (Å²) < 4.78 is 20.4. The molecule has 9 heteroatoms. The van der Waals surface area contributed by atoms with Crippen LogP contribution >= 0.6 is 0 Å². The molecule has 2 heterocycles. The summed E-state index contributed by atoms with van der Waals surface area (Å²) in [5.74, 6) is -0.0461. The van der Waals surface area contributed by atoms with Gasteiger partial charge in [-0.15, -0.1) is 0 Å². The smallest absolute Gasteiger partial charge is 0.253 e. The Hall–Kier alpha value is -0.0394. The molecule has 2 aliphatic rings. The zero-order valence-electron chi connectivity index (χ0n) is 25.3. The van der Waals surface area contributed by atoms with Crippen LogP contribution in [0.25, 0.3) is 0 Å². The fraction of sp³-hybridized carbons (Fsp3) is 0.962. The summed E-state index contributed by atoms with van der Waals surface area (Å²) in [5, 5.41) is 11.8. The molecule has 2 aliphatic heterocycles. The topological polar surface area (TPSA) is 68.2 Å². The number of hydrogen-bond donors (Lipinski definition) is 1. The van der Waals surface area contributed by atoms with Crippen molar-refractivity contribution in [1.82, 2.24) is 4.90 Å². The van der Waals surface area contributed by atoms with Crippen LogP contribution in [0, 0.1) is 0 Å². The third-order valence-electron chi connectivity index (χ3n) is 9.62. The number of hydrogen-bond acceptors (Lipinski definition) is 5. The molecule has 2 rings (SSSR count). The highest BCUT2D eigenvalue weighted by Gasteiger charge is 2.59. The Morgan fingerprint density at radius 3 is 1.57 bits per heavy atom. The number of nitrogens with zero attached hydrogens (tertiary/aromatic N) is 1. The van der Waals surface area contributed by atoms with Gasteiger partial charge in [0.25, 0.3) is 5.91 Å². The molecule has 0 aromatic rings. The molecule has 0 aliphatic carbocycles. The fourth-order valence-corrected chi connectivity index (χ4v) is 7.96. The van der Waals surface area contributed by atoms with Gasteiger partial charge in [-0.25, -0.2) is 0 Å². The van der Waals surface area contributed by atoms with Gasteiger partial charge in [0.05, 0.1) is 12.1 Å². The van der Waals surface area contributed by atoms with Crippen LogP contribution in [0.15, 0.2) is 0 Å². The lowest BCUT2D eigenvalue weighted by Crippen LogP contribution is -2.69. The first kappa shape index (κ1) is 31.2. The third kappa shape index (κ3) is 6.17. The predicted octanol–water partition coefficient (Wildman–Crippen LogP) is 6.13. The second-order valence-corrected chi connectivity index (χ2v) is 29.6. The first-order chi connectivity index (χ1) is 15.3. The van der Waals surface area contributed by atoms with Crippen molar-refractivity contribution in [3.8, 4) is 0 Å². The Labute approximate surface area is 218 Å². The van der Waals surface area contributed by atoms with Crippen molar-refractivity contribution in [1.29, 1.82) is 0 Å². The van der Waals surface area contributed by atoms with Crippen molar-refractivity contribution in [3.05, 3.63) is 0 Å². The molecule has 2 fully saturated rings. The van der Waals surface area contributed by atoms with E-state index in [2.05, 4.69) is 102 Å². The molecule has 0 radical (unpaired) electrons. The van der Waals surface area contributed by atoms with Crippen LogP contribution in [0.3, 0.4) is 0 Å². The maximum atomic E-state index is 14.0. The summed E-state index contributed by atoms with van der Waals surface area (Å²) in [4.78, 5) is 15.9. The zero-order valence-corrected chi connectivity index (χ0v) is 28.3. The van der Waals surface area contributed by atoms with Crippen LogP contribution in [-0.2, 0) is 18.1 Å². The number of rotatable bonds is 6. The quantitative estimate of drug-likeness (QED) is 0.407. The molecule has 0 saturated carbocycles. The normalized spacial score (nSPS) is 29.5. The molecule has 0 aromatic heterocycles. The van der Waals surface area contributed by atoms with Gasteiger partial charge in [-0.1, -0.05) is 62.3 Å². The first-order valence-corrected chi connectivity index (χ1v) is 22.1. The second kappa shape index (κ2) is 9.61. The van der Waals surface area contributed by atoms with Gasteiger partial charge in [0.1, 0.15) is 12.2 Å². The highest BCUT2D eigenvalue weighted by Crippen LogP contribution is 2.45. The number of aliphatic hydroxyl groups is 1. The van der Waals surface area contributed by atoms with Crippen molar-refractivity contribution < 1.29 is 23.2 Å². The molecule has 6 nitrogen and oxygen atoms in total.